The SMILES string of the molecule is CCCCCCCSc1n[n+]2c(C(=O)c3ccccc3OC)nc3ccccc3c2c(=O)[nH]1. The number of fused-ring (bicyclic) bond motifs is 3. The smallest absolute Gasteiger partial charge is 0.398 e. The van der Waals surface area contributed by atoms with E-state index in [1.165, 1.54) is 42.6 Å². The normalized spacial score (nSPS) is 11.2. The lowest BCUT2D eigenvalue weighted by molar-refractivity contribution is -0.591. The minimum atomic E-state index is -0.359. The minimum absolute atomic E-state index is 0.0732. The van der Waals surface area contributed by atoms with Gasteiger partial charge in [-0.05, 0) is 35.7 Å². The fraction of sp³-hybridized carbons (Fsp3) is 0.320. The topological polar surface area (TPSA) is 89.0 Å². The lowest BCUT2D eigenvalue weighted by Gasteiger charge is -2.06. The Morgan fingerprint density at radius 2 is 1.82 bits per heavy atom. The Labute approximate surface area is 196 Å². The summed E-state index contributed by atoms with van der Waals surface area (Å²) < 4.78 is 6.76. The summed E-state index contributed by atoms with van der Waals surface area (Å²) in [6.45, 7) is 2.19. The molecule has 0 bridgehead atoms. The van der Waals surface area contributed by atoms with Gasteiger partial charge in [-0.25, -0.2) is 0 Å². The highest BCUT2D eigenvalue weighted by Gasteiger charge is 2.30. The van der Waals surface area contributed by atoms with Gasteiger partial charge in [0.1, 0.15) is 5.75 Å². The molecule has 0 spiro atoms. The number of methoxy groups -OCH3 is 1. The number of hydrogen-bond acceptors (Lipinski definition) is 6. The van der Waals surface area contributed by atoms with Crippen LogP contribution in [0, 0.1) is 0 Å². The van der Waals surface area contributed by atoms with Crippen molar-refractivity contribution >= 4 is 34.0 Å². The van der Waals surface area contributed by atoms with Crippen LogP contribution in [0.2, 0.25) is 0 Å². The summed E-state index contributed by atoms with van der Waals surface area (Å²) in [6, 6.07) is 14.2. The zero-order chi connectivity index (χ0) is 23.2. The van der Waals surface area contributed by atoms with Crippen molar-refractivity contribution < 1.29 is 14.0 Å². The third kappa shape index (κ3) is 4.90. The van der Waals surface area contributed by atoms with Crippen LogP contribution in [0.5, 0.6) is 5.75 Å². The van der Waals surface area contributed by atoms with Crippen LogP contribution in [-0.2, 0) is 0 Å². The maximum atomic E-state index is 13.5. The molecule has 4 rings (SSSR count). The molecular formula is C25H27N4O3S+. The van der Waals surface area contributed by atoms with Gasteiger partial charge in [0.25, 0.3) is 5.78 Å². The molecule has 0 aliphatic heterocycles. The van der Waals surface area contributed by atoms with Crippen LogP contribution in [0.15, 0.2) is 58.5 Å². The van der Waals surface area contributed by atoms with Gasteiger partial charge in [0.2, 0.25) is 10.7 Å². The van der Waals surface area contributed by atoms with Gasteiger partial charge in [0.15, 0.2) is 5.52 Å². The number of para-hydroxylation sites is 2. The van der Waals surface area contributed by atoms with Crippen molar-refractivity contribution in [3.8, 4) is 5.75 Å². The minimum Gasteiger partial charge on any atom is -0.496 e. The van der Waals surface area contributed by atoms with Crippen molar-refractivity contribution in [2.24, 2.45) is 0 Å². The number of benzene rings is 2. The Morgan fingerprint density at radius 3 is 2.64 bits per heavy atom. The van der Waals surface area contributed by atoms with Crippen LogP contribution in [0.3, 0.4) is 0 Å². The number of H-pyrrole nitrogens is 1. The average Bonchev–Trinajstić information content (AvgIpc) is 2.85. The fourth-order valence-electron chi connectivity index (χ4n) is 3.78. The molecule has 0 saturated carbocycles. The standard InChI is InChI=1S/C25H26N4O3S/c1-3-4-5-6-11-16-33-25-27-24(31)21-17-12-7-9-14-19(17)26-23(29(21)28-25)22(30)18-13-8-10-15-20(18)32-2/h7-10,12-15H,3-6,11,16H2,1-2H3/p+1. The molecule has 0 saturated heterocycles. The number of nitrogens with one attached hydrogen (secondary N) is 1. The molecule has 0 amide bonds. The van der Waals surface area contributed by atoms with Gasteiger partial charge in [0, 0.05) is 5.75 Å². The molecule has 2 aromatic carbocycles. The van der Waals surface area contributed by atoms with E-state index in [-0.39, 0.29) is 17.2 Å². The first-order valence-electron chi connectivity index (χ1n) is 11.2. The van der Waals surface area contributed by atoms with Crippen LogP contribution in [0.4, 0.5) is 0 Å². The second-order valence-electron chi connectivity index (χ2n) is 7.76. The summed E-state index contributed by atoms with van der Waals surface area (Å²) in [5, 5.41) is 5.73. The van der Waals surface area contributed by atoms with Crippen LogP contribution >= 0.6 is 11.8 Å². The number of ether oxygens (including phenoxy) is 1. The Balaban J connectivity index is 1.80. The number of nitrogens with zero attached hydrogens (tertiary/aromatic N) is 3. The highest BCUT2D eigenvalue weighted by molar-refractivity contribution is 7.99. The number of unbranched alkanes of at least 4 members (excludes halogenated alkanes) is 4. The van der Waals surface area contributed by atoms with Crippen molar-refractivity contribution in [2.45, 2.75) is 44.2 Å². The number of rotatable bonds is 10. The Hall–Kier alpha value is -3.26. The van der Waals surface area contributed by atoms with Gasteiger partial charge < -0.3 is 4.74 Å². The Kier molecular flexibility index (Phi) is 7.34. The molecule has 2 aromatic heterocycles. The number of ketones is 1. The van der Waals surface area contributed by atoms with E-state index in [1.54, 1.807) is 30.3 Å². The molecule has 7 nitrogen and oxygen atoms in total. The van der Waals surface area contributed by atoms with Crippen LogP contribution < -0.4 is 14.8 Å². The molecule has 0 fully saturated rings. The Morgan fingerprint density at radius 1 is 1.06 bits per heavy atom. The van der Waals surface area contributed by atoms with E-state index in [2.05, 4.69) is 22.0 Å². The van der Waals surface area contributed by atoms with Crippen molar-refractivity contribution in [1.29, 1.82) is 0 Å². The predicted octanol–water partition coefficient (Wildman–Crippen LogP) is 4.36. The summed E-state index contributed by atoms with van der Waals surface area (Å²) in [4.78, 5) is 34.2. The van der Waals surface area contributed by atoms with Gasteiger partial charge in [-0.3, -0.25) is 14.6 Å². The van der Waals surface area contributed by atoms with E-state index in [0.29, 0.717) is 32.9 Å². The van der Waals surface area contributed by atoms with Gasteiger partial charge in [-0.15, -0.1) is 0 Å². The summed E-state index contributed by atoms with van der Waals surface area (Å²) in [5.74, 6) is 0.999. The van der Waals surface area contributed by atoms with E-state index in [9.17, 15) is 9.59 Å². The van der Waals surface area contributed by atoms with Crippen LogP contribution in [-0.4, -0.2) is 33.7 Å². The maximum Gasteiger partial charge on any atom is 0.398 e. The fourth-order valence-corrected chi connectivity index (χ4v) is 4.63. The van der Waals surface area contributed by atoms with Crippen molar-refractivity contribution in [3.63, 3.8) is 0 Å². The van der Waals surface area contributed by atoms with Crippen molar-refractivity contribution in [1.82, 2.24) is 15.1 Å². The number of carbonyl (C=O) groups is 1. The molecule has 8 heteroatoms. The van der Waals surface area contributed by atoms with E-state index >= 15 is 0 Å². The zero-order valence-corrected chi connectivity index (χ0v) is 19.7. The summed E-state index contributed by atoms with van der Waals surface area (Å²) >= 11 is 1.49. The van der Waals surface area contributed by atoms with Gasteiger partial charge in [-0.2, -0.15) is 0 Å². The molecule has 2 heterocycles. The first-order chi connectivity index (χ1) is 16.1. The predicted molar refractivity (Wildman–Crippen MR) is 129 cm³/mol. The molecule has 170 valence electrons. The van der Waals surface area contributed by atoms with Gasteiger partial charge in [0.05, 0.1) is 18.1 Å². The zero-order valence-electron chi connectivity index (χ0n) is 18.8. The molecule has 1 N–H and O–H groups in total. The quantitative estimate of drug-likeness (QED) is 0.124. The molecule has 0 aliphatic rings. The average molecular weight is 464 g/mol. The third-order valence-electron chi connectivity index (χ3n) is 5.47. The highest BCUT2D eigenvalue weighted by Crippen LogP contribution is 2.21. The second-order valence-corrected chi connectivity index (χ2v) is 8.85. The molecule has 0 unspecified atom stereocenters. The summed E-state index contributed by atoms with van der Waals surface area (Å²) in [6.07, 6.45) is 5.84. The second kappa shape index (κ2) is 10.6. The molecule has 0 atom stereocenters. The first kappa shape index (κ1) is 22.9. The van der Waals surface area contributed by atoms with E-state index in [1.807, 2.05) is 18.2 Å². The number of thioether (sulfide) groups is 1. The van der Waals surface area contributed by atoms with Crippen LogP contribution in [0.1, 0.15) is 55.2 Å². The molecule has 33 heavy (non-hydrogen) atoms. The highest BCUT2D eigenvalue weighted by atomic mass is 32.2. The Bertz CT molecular complexity index is 1350. The van der Waals surface area contributed by atoms with E-state index in [0.717, 1.165) is 18.6 Å². The maximum absolute atomic E-state index is 13.5. The first-order valence-corrected chi connectivity index (χ1v) is 12.2. The lowest BCUT2D eigenvalue weighted by atomic mass is 10.1. The van der Waals surface area contributed by atoms with Gasteiger partial charge >= 0.3 is 11.4 Å². The molecular weight excluding hydrogens is 436 g/mol. The van der Waals surface area contributed by atoms with Crippen molar-refractivity contribution in [3.05, 3.63) is 70.3 Å². The van der Waals surface area contributed by atoms with Crippen LogP contribution in [0.25, 0.3) is 16.4 Å². The molecule has 0 radical (unpaired) electrons. The van der Waals surface area contributed by atoms with E-state index in [4.69, 9.17) is 4.74 Å². The molecule has 0 aliphatic carbocycles. The number of carbonyl (C=O) groups excluding carboxylic acids is 1. The lowest BCUT2D eigenvalue weighted by Crippen LogP contribution is -2.42. The summed E-state index contributed by atoms with van der Waals surface area (Å²) in [5.41, 5.74) is 0.917. The van der Waals surface area contributed by atoms with Gasteiger partial charge in [-0.1, -0.05) is 78.2 Å². The third-order valence-corrected chi connectivity index (χ3v) is 6.42. The largest absolute Gasteiger partial charge is 0.496 e. The monoisotopic (exact) mass is 463 g/mol. The number of aromatic nitrogens is 4. The summed E-state index contributed by atoms with van der Waals surface area (Å²) in [7, 11) is 1.52. The number of aromatic amines is 1. The number of hydrogen-bond donors (Lipinski definition) is 1. The van der Waals surface area contributed by atoms with E-state index < -0.39 is 0 Å². The van der Waals surface area contributed by atoms with Crippen molar-refractivity contribution in [2.75, 3.05) is 12.9 Å². The molecule has 4 aromatic rings.